The molecule has 2 aromatic heterocycles. The Morgan fingerprint density at radius 2 is 1.94 bits per heavy atom. The highest BCUT2D eigenvalue weighted by molar-refractivity contribution is 5.89. The van der Waals surface area contributed by atoms with Crippen molar-refractivity contribution in [3.8, 4) is 11.3 Å². The summed E-state index contributed by atoms with van der Waals surface area (Å²) in [6.07, 6.45) is 0. The number of aromatic nitrogens is 4. The van der Waals surface area contributed by atoms with Crippen LogP contribution >= 0.6 is 0 Å². The number of aryl methyl sites for hydroxylation is 1. The van der Waals surface area contributed by atoms with E-state index in [1.54, 1.807) is 6.92 Å². The maximum absolute atomic E-state index is 11.9. The van der Waals surface area contributed by atoms with Crippen LogP contribution < -0.4 is 5.56 Å². The van der Waals surface area contributed by atoms with Gasteiger partial charge in [0.25, 0.3) is 5.56 Å². The minimum absolute atomic E-state index is 0.167. The average molecular weight is 226 g/mol. The van der Waals surface area contributed by atoms with Crippen molar-refractivity contribution >= 4 is 11.0 Å². The first-order valence-electron chi connectivity index (χ1n) is 5.26. The Morgan fingerprint density at radius 1 is 1.18 bits per heavy atom. The Kier molecular flexibility index (Phi) is 2.04. The molecule has 0 spiro atoms. The number of hydrogen-bond acceptors (Lipinski definition) is 3. The van der Waals surface area contributed by atoms with Gasteiger partial charge < -0.3 is 4.98 Å². The van der Waals surface area contributed by atoms with Crippen molar-refractivity contribution in [2.75, 3.05) is 0 Å². The standard InChI is InChI=1S/C12H10N4O/c1-7-13-11-9(12(17)14-7)10(15-16-11)8-5-3-2-4-6-8/h2-6H,1H3,(H2,13,14,15,16,17). The summed E-state index contributed by atoms with van der Waals surface area (Å²) in [5, 5.41) is 7.43. The van der Waals surface area contributed by atoms with Crippen molar-refractivity contribution in [2.45, 2.75) is 6.92 Å². The number of benzene rings is 1. The van der Waals surface area contributed by atoms with Gasteiger partial charge in [0.15, 0.2) is 5.65 Å². The third-order valence-electron chi connectivity index (χ3n) is 2.60. The van der Waals surface area contributed by atoms with Crippen molar-refractivity contribution in [3.05, 3.63) is 46.5 Å². The number of aromatic amines is 2. The number of H-pyrrole nitrogens is 2. The molecule has 0 bridgehead atoms. The fraction of sp³-hybridized carbons (Fsp3) is 0.0833. The monoisotopic (exact) mass is 226 g/mol. The van der Waals surface area contributed by atoms with Gasteiger partial charge in [0.2, 0.25) is 0 Å². The van der Waals surface area contributed by atoms with Crippen LogP contribution in [0.4, 0.5) is 0 Å². The second-order valence-corrected chi connectivity index (χ2v) is 3.81. The normalized spacial score (nSPS) is 10.9. The summed E-state index contributed by atoms with van der Waals surface area (Å²) in [6.45, 7) is 1.73. The van der Waals surface area contributed by atoms with Gasteiger partial charge in [-0.15, -0.1) is 0 Å². The molecule has 3 aromatic rings. The van der Waals surface area contributed by atoms with Gasteiger partial charge in [-0.3, -0.25) is 9.89 Å². The minimum atomic E-state index is -0.167. The lowest BCUT2D eigenvalue weighted by Crippen LogP contribution is -2.09. The summed E-state index contributed by atoms with van der Waals surface area (Å²) in [6, 6.07) is 9.60. The van der Waals surface area contributed by atoms with Crippen molar-refractivity contribution in [1.82, 2.24) is 20.2 Å². The number of rotatable bonds is 1. The molecule has 5 nitrogen and oxygen atoms in total. The second-order valence-electron chi connectivity index (χ2n) is 3.81. The van der Waals surface area contributed by atoms with Gasteiger partial charge in [-0.05, 0) is 6.92 Å². The SMILES string of the molecule is Cc1nc2n[nH]c(-c3ccccc3)c2c(=O)[nH]1. The average Bonchev–Trinajstić information content (AvgIpc) is 2.74. The zero-order valence-corrected chi connectivity index (χ0v) is 9.19. The number of nitrogens with one attached hydrogen (secondary N) is 2. The first-order chi connectivity index (χ1) is 8.25. The largest absolute Gasteiger partial charge is 0.310 e. The Morgan fingerprint density at radius 3 is 2.71 bits per heavy atom. The zero-order chi connectivity index (χ0) is 11.8. The van der Waals surface area contributed by atoms with E-state index in [1.807, 2.05) is 30.3 Å². The van der Waals surface area contributed by atoms with Crippen LogP contribution in [-0.4, -0.2) is 20.2 Å². The lowest BCUT2D eigenvalue weighted by molar-refractivity contribution is 1.03. The van der Waals surface area contributed by atoms with Crippen molar-refractivity contribution in [1.29, 1.82) is 0 Å². The molecule has 0 saturated carbocycles. The van der Waals surface area contributed by atoms with Crippen LogP contribution in [0.3, 0.4) is 0 Å². The first kappa shape index (κ1) is 9.77. The molecule has 0 saturated heterocycles. The number of nitrogens with zero attached hydrogens (tertiary/aromatic N) is 2. The van der Waals surface area contributed by atoms with E-state index in [2.05, 4.69) is 20.2 Å². The zero-order valence-electron chi connectivity index (χ0n) is 9.19. The Labute approximate surface area is 96.5 Å². The lowest BCUT2D eigenvalue weighted by Gasteiger charge is -1.97. The van der Waals surface area contributed by atoms with Crippen molar-refractivity contribution < 1.29 is 0 Å². The summed E-state index contributed by atoms with van der Waals surface area (Å²) in [5.41, 5.74) is 1.91. The molecule has 0 aliphatic heterocycles. The Hall–Kier alpha value is -2.43. The van der Waals surface area contributed by atoms with Crippen LogP contribution in [0.2, 0.25) is 0 Å². The second kappa shape index (κ2) is 3.55. The summed E-state index contributed by atoms with van der Waals surface area (Å²) in [7, 11) is 0. The third kappa shape index (κ3) is 1.52. The molecular formula is C12H10N4O. The summed E-state index contributed by atoms with van der Waals surface area (Å²) in [4.78, 5) is 18.8. The van der Waals surface area contributed by atoms with Crippen LogP contribution in [0.1, 0.15) is 5.82 Å². The Balaban J connectivity index is 2.37. The van der Waals surface area contributed by atoms with E-state index < -0.39 is 0 Å². The number of fused-ring (bicyclic) bond motifs is 1. The molecule has 0 unspecified atom stereocenters. The molecule has 1 aromatic carbocycles. The molecule has 2 N–H and O–H groups in total. The highest BCUT2D eigenvalue weighted by Crippen LogP contribution is 2.21. The van der Waals surface area contributed by atoms with Crippen LogP contribution in [0.25, 0.3) is 22.3 Å². The van der Waals surface area contributed by atoms with E-state index in [0.29, 0.717) is 22.6 Å². The predicted molar refractivity (Wildman–Crippen MR) is 64.7 cm³/mol. The van der Waals surface area contributed by atoms with Gasteiger partial charge in [0, 0.05) is 5.56 Å². The third-order valence-corrected chi connectivity index (χ3v) is 2.60. The number of hydrogen-bond donors (Lipinski definition) is 2. The van der Waals surface area contributed by atoms with Crippen LogP contribution in [0.15, 0.2) is 35.1 Å². The molecule has 0 amide bonds. The van der Waals surface area contributed by atoms with E-state index in [4.69, 9.17) is 0 Å². The van der Waals surface area contributed by atoms with Gasteiger partial charge in [-0.1, -0.05) is 30.3 Å². The molecule has 5 heteroatoms. The molecule has 0 aliphatic carbocycles. The van der Waals surface area contributed by atoms with Crippen molar-refractivity contribution in [2.24, 2.45) is 0 Å². The predicted octanol–water partition coefficient (Wildman–Crippen LogP) is 1.62. The molecule has 0 aliphatic rings. The van der Waals surface area contributed by atoms with Gasteiger partial charge in [0.05, 0.1) is 5.69 Å². The quantitative estimate of drug-likeness (QED) is 0.662. The van der Waals surface area contributed by atoms with E-state index in [1.165, 1.54) is 0 Å². The molecular weight excluding hydrogens is 216 g/mol. The highest BCUT2D eigenvalue weighted by atomic mass is 16.1. The molecule has 2 heterocycles. The van der Waals surface area contributed by atoms with Crippen molar-refractivity contribution in [3.63, 3.8) is 0 Å². The molecule has 0 radical (unpaired) electrons. The van der Waals surface area contributed by atoms with Crippen LogP contribution in [0.5, 0.6) is 0 Å². The molecule has 17 heavy (non-hydrogen) atoms. The van der Waals surface area contributed by atoms with E-state index in [0.717, 1.165) is 5.56 Å². The van der Waals surface area contributed by atoms with Gasteiger partial charge in [-0.2, -0.15) is 5.10 Å². The summed E-state index contributed by atoms with van der Waals surface area (Å²) in [5.74, 6) is 0.564. The van der Waals surface area contributed by atoms with Crippen LogP contribution in [-0.2, 0) is 0 Å². The molecule has 0 fully saturated rings. The molecule has 0 atom stereocenters. The topological polar surface area (TPSA) is 74.4 Å². The smallest absolute Gasteiger partial charge is 0.262 e. The van der Waals surface area contributed by atoms with E-state index in [-0.39, 0.29) is 5.56 Å². The minimum Gasteiger partial charge on any atom is -0.310 e. The van der Waals surface area contributed by atoms with E-state index >= 15 is 0 Å². The molecule has 84 valence electrons. The first-order valence-corrected chi connectivity index (χ1v) is 5.26. The summed E-state index contributed by atoms with van der Waals surface area (Å²) >= 11 is 0. The fourth-order valence-corrected chi connectivity index (χ4v) is 1.86. The van der Waals surface area contributed by atoms with Gasteiger partial charge >= 0.3 is 0 Å². The maximum Gasteiger partial charge on any atom is 0.262 e. The molecule has 3 rings (SSSR count). The van der Waals surface area contributed by atoms with E-state index in [9.17, 15) is 4.79 Å². The highest BCUT2D eigenvalue weighted by Gasteiger charge is 2.12. The summed E-state index contributed by atoms with van der Waals surface area (Å²) < 4.78 is 0. The maximum atomic E-state index is 11.9. The van der Waals surface area contributed by atoms with Gasteiger partial charge in [0.1, 0.15) is 11.2 Å². The fourth-order valence-electron chi connectivity index (χ4n) is 1.86. The van der Waals surface area contributed by atoms with Gasteiger partial charge in [-0.25, -0.2) is 4.98 Å². The Bertz CT molecular complexity index is 727. The lowest BCUT2D eigenvalue weighted by atomic mass is 10.1. The van der Waals surface area contributed by atoms with Crippen LogP contribution in [0, 0.1) is 6.92 Å².